The van der Waals surface area contributed by atoms with E-state index in [4.69, 9.17) is 0 Å². The number of anilines is 1. The first-order valence-corrected chi connectivity index (χ1v) is 6.31. The summed E-state index contributed by atoms with van der Waals surface area (Å²) in [6.45, 7) is 4.71. The SMILES string of the molecule is CCC(C)C(=O)NCCNc1ccccc1[N+](=O)[O-]. The van der Waals surface area contributed by atoms with E-state index < -0.39 is 4.92 Å². The van der Waals surface area contributed by atoms with Crippen molar-refractivity contribution in [1.82, 2.24) is 5.32 Å². The van der Waals surface area contributed by atoms with Crippen molar-refractivity contribution in [3.8, 4) is 0 Å². The molecule has 0 bridgehead atoms. The van der Waals surface area contributed by atoms with E-state index in [1.165, 1.54) is 6.07 Å². The van der Waals surface area contributed by atoms with Gasteiger partial charge in [-0.1, -0.05) is 26.0 Å². The summed E-state index contributed by atoms with van der Waals surface area (Å²) in [6, 6.07) is 6.44. The maximum Gasteiger partial charge on any atom is 0.292 e. The molecule has 0 fully saturated rings. The second kappa shape index (κ2) is 7.35. The van der Waals surface area contributed by atoms with Crippen molar-refractivity contribution in [2.24, 2.45) is 5.92 Å². The summed E-state index contributed by atoms with van der Waals surface area (Å²) < 4.78 is 0. The highest BCUT2D eigenvalue weighted by Crippen LogP contribution is 2.22. The number of nitrogens with zero attached hydrogens (tertiary/aromatic N) is 1. The topological polar surface area (TPSA) is 84.3 Å². The molecule has 0 saturated carbocycles. The Morgan fingerprint density at radius 1 is 1.37 bits per heavy atom. The quantitative estimate of drug-likeness (QED) is 0.449. The Bertz CT molecular complexity index is 449. The number of amides is 1. The van der Waals surface area contributed by atoms with Crippen molar-refractivity contribution in [3.63, 3.8) is 0 Å². The molecule has 1 aromatic carbocycles. The number of rotatable bonds is 7. The summed E-state index contributed by atoms with van der Waals surface area (Å²) in [5.41, 5.74) is 0.501. The fourth-order valence-corrected chi connectivity index (χ4v) is 1.52. The smallest absolute Gasteiger partial charge is 0.292 e. The van der Waals surface area contributed by atoms with Crippen LogP contribution in [0.15, 0.2) is 24.3 Å². The van der Waals surface area contributed by atoms with Crippen molar-refractivity contribution in [2.75, 3.05) is 18.4 Å². The number of nitrogens with one attached hydrogen (secondary N) is 2. The van der Waals surface area contributed by atoms with Crippen LogP contribution in [-0.4, -0.2) is 23.9 Å². The molecule has 0 aliphatic rings. The fraction of sp³-hybridized carbons (Fsp3) is 0.462. The highest BCUT2D eigenvalue weighted by molar-refractivity contribution is 5.78. The van der Waals surface area contributed by atoms with E-state index in [0.717, 1.165) is 6.42 Å². The number of carbonyl (C=O) groups is 1. The molecule has 0 saturated heterocycles. The lowest BCUT2D eigenvalue weighted by Gasteiger charge is -2.11. The van der Waals surface area contributed by atoms with E-state index in [0.29, 0.717) is 18.8 Å². The van der Waals surface area contributed by atoms with E-state index in [1.807, 2.05) is 13.8 Å². The first-order chi connectivity index (χ1) is 9.06. The molecule has 0 heterocycles. The predicted octanol–water partition coefficient (Wildman–Crippen LogP) is 2.17. The van der Waals surface area contributed by atoms with Crippen molar-refractivity contribution >= 4 is 17.3 Å². The number of nitro groups is 1. The second-order valence-corrected chi connectivity index (χ2v) is 4.30. The first kappa shape index (κ1) is 14.9. The molecule has 19 heavy (non-hydrogen) atoms. The molecule has 6 nitrogen and oxygen atoms in total. The standard InChI is InChI=1S/C13H19N3O3/c1-3-10(2)13(17)15-9-8-14-11-6-4-5-7-12(11)16(18)19/h4-7,10,14H,3,8-9H2,1-2H3,(H,15,17). The van der Waals surface area contributed by atoms with E-state index in [2.05, 4.69) is 10.6 Å². The van der Waals surface area contributed by atoms with Crippen molar-refractivity contribution in [1.29, 1.82) is 0 Å². The molecular formula is C13H19N3O3. The molecule has 1 amide bonds. The number of para-hydroxylation sites is 2. The molecule has 0 aliphatic carbocycles. The Kier molecular flexibility index (Phi) is 5.78. The van der Waals surface area contributed by atoms with Crippen LogP contribution < -0.4 is 10.6 Å². The summed E-state index contributed by atoms with van der Waals surface area (Å²) in [7, 11) is 0. The van der Waals surface area contributed by atoms with Gasteiger partial charge in [-0.2, -0.15) is 0 Å². The van der Waals surface area contributed by atoms with Gasteiger partial charge in [-0.3, -0.25) is 14.9 Å². The third-order valence-corrected chi connectivity index (χ3v) is 2.90. The Balaban J connectivity index is 2.42. The molecule has 6 heteroatoms. The molecule has 1 rings (SSSR count). The number of hydrogen-bond donors (Lipinski definition) is 2. The van der Waals surface area contributed by atoms with Gasteiger partial charge in [-0.05, 0) is 12.5 Å². The van der Waals surface area contributed by atoms with Gasteiger partial charge in [-0.25, -0.2) is 0 Å². The monoisotopic (exact) mass is 265 g/mol. The third-order valence-electron chi connectivity index (χ3n) is 2.90. The highest BCUT2D eigenvalue weighted by Gasteiger charge is 2.12. The molecule has 0 aliphatic heterocycles. The fourth-order valence-electron chi connectivity index (χ4n) is 1.52. The molecule has 0 aromatic heterocycles. The zero-order chi connectivity index (χ0) is 14.3. The normalized spacial score (nSPS) is 11.7. The van der Waals surface area contributed by atoms with Crippen molar-refractivity contribution in [2.45, 2.75) is 20.3 Å². The van der Waals surface area contributed by atoms with E-state index in [-0.39, 0.29) is 17.5 Å². The van der Waals surface area contributed by atoms with Gasteiger partial charge in [0, 0.05) is 25.1 Å². The summed E-state index contributed by atoms with van der Waals surface area (Å²) >= 11 is 0. The zero-order valence-corrected chi connectivity index (χ0v) is 11.2. The first-order valence-electron chi connectivity index (χ1n) is 6.31. The van der Waals surface area contributed by atoms with Gasteiger partial charge in [0.05, 0.1) is 4.92 Å². The minimum absolute atomic E-state index is 0.00635. The number of nitro benzene ring substituents is 1. The molecule has 104 valence electrons. The van der Waals surface area contributed by atoms with Gasteiger partial charge in [0.15, 0.2) is 0 Å². The van der Waals surface area contributed by atoms with Crippen LogP contribution in [0.1, 0.15) is 20.3 Å². The van der Waals surface area contributed by atoms with Gasteiger partial charge in [0.1, 0.15) is 5.69 Å². The van der Waals surface area contributed by atoms with Crippen LogP contribution in [0.5, 0.6) is 0 Å². The minimum atomic E-state index is -0.430. The third kappa shape index (κ3) is 4.57. The van der Waals surface area contributed by atoms with Crippen LogP contribution in [0.2, 0.25) is 0 Å². The zero-order valence-electron chi connectivity index (χ0n) is 11.2. The largest absolute Gasteiger partial charge is 0.378 e. The lowest BCUT2D eigenvalue weighted by atomic mass is 10.1. The summed E-state index contributed by atoms with van der Waals surface area (Å²) in [5, 5.41) is 16.5. The summed E-state index contributed by atoms with van der Waals surface area (Å²) in [5.74, 6) is -0.00192. The molecule has 1 atom stereocenters. The maximum absolute atomic E-state index is 11.5. The minimum Gasteiger partial charge on any atom is -0.378 e. The summed E-state index contributed by atoms with van der Waals surface area (Å²) in [4.78, 5) is 21.9. The Morgan fingerprint density at radius 3 is 2.68 bits per heavy atom. The Hall–Kier alpha value is -2.11. The number of hydrogen-bond acceptors (Lipinski definition) is 4. The van der Waals surface area contributed by atoms with Crippen LogP contribution >= 0.6 is 0 Å². The van der Waals surface area contributed by atoms with Gasteiger partial charge in [0.2, 0.25) is 5.91 Å². The molecule has 0 radical (unpaired) electrons. The van der Waals surface area contributed by atoms with Crippen LogP contribution in [0, 0.1) is 16.0 Å². The van der Waals surface area contributed by atoms with Crippen LogP contribution in [0.4, 0.5) is 11.4 Å². The molecule has 2 N–H and O–H groups in total. The Morgan fingerprint density at radius 2 is 2.05 bits per heavy atom. The molecular weight excluding hydrogens is 246 g/mol. The van der Waals surface area contributed by atoms with Crippen LogP contribution in [0.25, 0.3) is 0 Å². The Labute approximate surface area is 112 Å². The van der Waals surface area contributed by atoms with Gasteiger partial charge in [-0.15, -0.1) is 0 Å². The average Bonchev–Trinajstić information content (AvgIpc) is 2.42. The van der Waals surface area contributed by atoms with Crippen LogP contribution in [0.3, 0.4) is 0 Å². The predicted molar refractivity (Wildman–Crippen MR) is 74.1 cm³/mol. The van der Waals surface area contributed by atoms with Gasteiger partial charge in [0.25, 0.3) is 5.69 Å². The molecule has 1 aromatic rings. The maximum atomic E-state index is 11.5. The van der Waals surface area contributed by atoms with E-state index in [1.54, 1.807) is 18.2 Å². The second-order valence-electron chi connectivity index (χ2n) is 4.30. The lowest BCUT2D eigenvalue weighted by molar-refractivity contribution is -0.384. The van der Waals surface area contributed by atoms with Gasteiger partial charge < -0.3 is 10.6 Å². The molecule has 0 spiro atoms. The van der Waals surface area contributed by atoms with Gasteiger partial charge >= 0.3 is 0 Å². The van der Waals surface area contributed by atoms with Crippen LogP contribution in [-0.2, 0) is 4.79 Å². The van der Waals surface area contributed by atoms with Crippen molar-refractivity contribution < 1.29 is 9.72 Å². The number of carbonyl (C=O) groups excluding carboxylic acids is 1. The molecule has 1 unspecified atom stereocenters. The average molecular weight is 265 g/mol. The highest BCUT2D eigenvalue weighted by atomic mass is 16.6. The van der Waals surface area contributed by atoms with E-state index >= 15 is 0 Å². The number of benzene rings is 1. The van der Waals surface area contributed by atoms with Crippen molar-refractivity contribution in [3.05, 3.63) is 34.4 Å². The van der Waals surface area contributed by atoms with E-state index in [9.17, 15) is 14.9 Å². The summed E-state index contributed by atoms with van der Waals surface area (Å²) in [6.07, 6.45) is 0.795. The lowest BCUT2D eigenvalue weighted by Crippen LogP contribution is -2.32.